The smallest absolute Gasteiger partial charge is 0.341 e. The lowest BCUT2D eigenvalue weighted by atomic mass is 9.72. The molecule has 2 aromatic heterocycles. The standard InChI is InChI=1S/C19H21ClN2O4/c1-5-9-10-6-14(24)17(20)21-15(10)12-7-13(23)11(18(25)26)8-22(12)16(9)19(2,3)4/h6-9,16,24H,5H2,1-4H3,(H,25,26). The summed E-state index contributed by atoms with van der Waals surface area (Å²) in [5.41, 5.74) is 0.759. The summed E-state index contributed by atoms with van der Waals surface area (Å²) < 4.78 is 1.84. The van der Waals surface area contributed by atoms with E-state index in [1.165, 1.54) is 12.3 Å². The van der Waals surface area contributed by atoms with E-state index in [1.807, 2.05) is 11.5 Å². The molecular formula is C19H21ClN2O4. The second kappa shape index (κ2) is 6.13. The van der Waals surface area contributed by atoms with Crippen LogP contribution in [0.2, 0.25) is 5.15 Å². The Morgan fingerprint density at radius 1 is 1.35 bits per heavy atom. The van der Waals surface area contributed by atoms with E-state index in [2.05, 4.69) is 25.8 Å². The molecule has 3 rings (SSSR count). The third-order valence-corrected chi connectivity index (χ3v) is 5.23. The summed E-state index contributed by atoms with van der Waals surface area (Å²) in [4.78, 5) is 28.1. The highest BCUT2D eigenvalue weighted by Crippen LogP contribution is 2.51. The van der Waals surface area contributed by atoms with Gasteiger partial charge in [-0.25, -0.2) is 9.78 Å². The van der Waals surface area contributed by atoms with Gasteiger partial charge in [0.1, 0.15) is 5.56 Å². The number of fused-ring (bicyclic) bond motifs is 3. The van der Waals surface area contributed by atoms with Crippen molar-refractivity contribution in [2.75, 3.05) is 0 Å². The maximum atomic E-state index is 12.3. The molecule has 0 spiro atoms. The number of carboxylic acid groups (broad SMARTS) is 1. The van der Waals surface area contributed by atoms with Crippen LogP contribution in [0.25, 0.3) is 11.4 Å². The van der Waals surface area contributed by atoms with Crippen molar-refractivity contribution in [1.29, 1.82) is 0 Å². The van der Waals surface area contributed by atoms with Crippen LogP contribution in [0, 0.1) is 5.41 Å². The normalized spacial score (nSPS) is 19.0. The third-order valence-electron chi connectivity index (χ3n) is 4.95. The van der Waals surface area contributed by atoms with Crippen LogP contribution >= 0.6 is 11.6 Å². The quantitative estimate of drug-likeness (QED) is 0.771. The maximum Gasteiger partial charge on any atom is 0.341 e. The molecular weight excluding hydrogens is 356 g/mol. The van der Waals surface area contributed by atoms with Crippen molar-refractivity contribution in [1.82, 2.24) is 9.55 Å². The van der Waals surface area contributed by atoms with Crippen LogP contribution in [0.3, 0.4) is 0 Å². The number of carbonyl (C=O) groups is 1. The zero-order chi connectivity index (χ0) is 19.4. The minimum Gasteiger partial charge on any atom is -0.505 e. The molecule has 0 saturated carbocycles. The van der Waals surface area contributed by atoms with Gasteiger partial charge in [0.05, 0.1) is 11.4 Å². The highest BCUT2D eigenvalue weighted by atomic mass is 35.5. The first kappa shape index (κ1) is 18.5. The van der Waals surface area contributed by atoms with Gasteiger partial charge in [-0.05, 0) is 23.5 Å². The highest BCUT2D eigenvalue weighted by molar-refractivity contribution is 6.30. The predicted molar refractivity (Wildman–Crippen MR) is 99.1 cm³/mol. The molecule has 6 nitrogen and oxygen atoms in total. The Kier molecular flexibility index (Phi) is 4.35. The molecule has 2 aromatic rings. The molecule has 1 aliphatic heterocycles. The lowest BCUT2D eigenvalue weighted by molar-refractivity contribution is 0.0693. The zero-order valence-corrected chi connectivity index (χ0v) is 15.8. The van der Waals surface area contributed by atoms with Crippen LogP contribution in [0.5, 0.6) is 5.75 Å². The number of pyridine rings is 2. The average molecular weight is 377 g/mol. The maximum absolute atomic E-state index is 12.3. The van der Waals surface area contributed by atoms with Crippen LogP contribution in [0.1, 0.15) is 62.0 Å². The minimum atomic E-state index is -1.26. The van der Waals surface area contributed by atoms with Crippen molar-refractivity contribution in [3.05, 3.63) is 44.8 Å². The Morgan fingerprint density at radius 2 is 2.00 bits per heavy atom. The summed E-state index contributed by atoms with van der Waals surface area (Å²) in [6, 6.07) is 2.79. The first-order valence-electron chi connectivity index (χ1n) is 8.45. The Labute approximate surface area is 156 Å². The molecule has 3 heterocycles. The fraction of sp³-hybridized carbons (Fsp3) is 0.421. The van der Waals surface area contributed by atoms with E-state index in [0.717, 1.165) is 12.0 Å². The molecule has 2 atom stereocenters. The van der Waals surface area contributed by atoms with E-state index in [9.17, 15) is 19.8 Å². The number of aromatic nitrogens is 2. The van der Waals surface area contributed by atoms with Gasteiger partial charge >= 0.3 is 5.97 Å². The van der Waals surface area contributed by atoms with E-state index in [4.69, 9.17) is 11.6 Å². The Bertz CT molecular complexity index is 959. The van der Waals surface area contributed by atoms with Gasteiger partial charge in [-0.15, -0.1) is 0 Å². The molecule has 0 aromatic carbocycles. The van der Waals surface area contributed by atoms with Crippen molar-refractivity contribution in [3.8, 4) is 17.1 Å². The van der Waals surface area contributed by atoms with Crippen LogP contribution in [0.15, 0.2) is 23.1 Å². The van der Waals surface area contributed by atoms with Gasteiger partial charge in [0, 0.05) is 24.2 Å². The van der Waals surface area contributed by atoms with Gasteiger partial charge in [0.25, 0.3) is 0 Å². The first-order chi connectivity index (χ1) is 12.1. The number of carboxylic acids is 1. The molecule has 2 unspecified atom stereocenters. The Balaban J connectivity index is 2.44. The fourth-order valence-corrected chi connectivity index (χ4v) is 4.08. The molecule has 0 amide bonds. The first-order valence-corrected chi connectivity index (χ1v) is 8.83. The number of aromatic carboxylic acids is 1. The van der Waals surface area contributed by atoms with E-state index in [0.29, 0.717) is 11.4 Å². The number of halogens is 1. The fourth-order valence-electron chi connectivity index (χ4n) is 3.94. The third kappa shape index (κ3) is 2.78. The Morgan fingerprint density at radius 3 is 2.54 bits per heavy atom. The molecule has 138 valence electrons. The van der Waals surface area contributed by atoms with Crippen LogP contribution in [-0.2, 0) is 0 Å². The van der Waals surface area contributed by atoms with Crippen molar-refractivity contribution < 1.29 is 15.0 Å². The minimum absolute atomic E-state index is 0.0164. The molecule has 7 heteroatoms. The summed E-state index contributed by atoms with van der Waals surface area (Å²) in [5.74, 6) is -1.37. The van der Waals surface area contributed by atoms with Gasteiger partial charge in [-0.1, -0.05) is 39.3 Å². The second-order valence-electron chi connectivity index (χ2n) is 7.71. The zero-order valence-electron chi connectivity index (χ0n) is 15.1. The summed E-state index contributed by atoms with van der Waals surface area (Å²) >= 11 is 6.01. The van der Waals surface area contributed by atoms with Gasteiger partial charge in [-0.2, -0.15) is 0 Å². The summed E-state index contributed by atoms with van der Waals surface area (Å²) in [5, 5.41) is 19.4. The number of aromatic hydroxyl groups is 1. The van der Waals surface area contributed by atoms with Crippen molar-refractivity contribution in [2.24, 2.45) is 5.41 Å². The molecule has 0 saturated heterocycles. The van der Waals surface area contributed by atoms with Gasteiger partial charge in [0.2, 0.25) is 0 Å². The van der Waals surface area contributed by atoms with E-state index >= 15 is 0 Å². The second-order valence-corrected chi connectivity index (χ2v) is 8.07. The summed E-state index contributed by atoms with van der Waals surface area (Å²) in [6.45, 7) is 8.23. The topological polar surface area (TPSA) is 92.4 Å². The summed E-state index contributed by atoms with van der Waals surface area (Å²) in [6.07, 6.45) is 2.16. The molecule has 2 N–H and O–H groups in total. The van der Waals surface area contributed by atoms with Crippen molar-refractivity contribution >= 4 is 17.6 Å². The molecule has 0 fully saturated rings. The van der Waals surface area contributed by atoms with E-state index < -0.39 is 11.4 Å². The molecule has 26 heavy (non-hydrogen) atoms. The van der Waals surface area contributed by atoms with Gasteiger partial charge < -0.3 is 14.8 Å². The van der Waals surface area contributed by atoms with Gasteiger partial charge in [0.15, 0.2) is 16.3 Å². The van der Waals surface area contributed by atoms with Crippen LogP contribution in [0.4, 0.5) is 0 Å². The number of hydrogen-bond acceptors (Lipinski definition) is 4. The van der Waals surface area contributed by atoms with Crippen LogP contribution < -0.4 is 5.43 Å². The van der Waals surface area contributed by atoms with Crippen molar-refractivity contribution in [2.45, 2.75) is 46.1 Å². The largest absolute Gasteiger partial charge is 0.505 e. The lowest BCUT2D eigenvalue weighted by Crippen LogP contribution is -2.36. The van der Waals surface area contributed by atoms with E-state index in [-0.39, 0.29) is 33.8 Å². The molecule has 1 aliphatic rings. The monoisotopic (exact) mass is 376 g/mol. The lowest BCUT2D eigenvalue weighted by Gasteiger charge is -2.44. The van der Waals surface area contributed by atoms with Crippen molar-refractivity contribution in [3.63, 3.8) is 0 Å². The SMILES string of the molecule is CCC1c2cc(O)c(Cl)nc2-c2cc(=O)c(C(=O)O)cn2C1C(C)(C)C. The molecule has 0 bridgehead atoms. The highest BCUT2D eigenvalue weighted by Gasteiger charge is 2.40. The Hall–Kier alpha value is -2.34. The number of nitrogens with zero attached hydrogens (tertiary/aromatic N) is 2. The molecule has 0 radical (unpaired) electrons. The molecule has 0 aliphatic carbocycles. The number of hydrogen-bond donors (Lipinski definition) is 2. The average Bonchev–Trinajstić information content (AvgIpc) is 2.53. The van der Waals surface area contributed by atoms with Gasteiger partial charge in [-0.3, -0.25) is 4.79 Å². The predicted octanol–water partition coefficient (Wildman–Crippen LogP) is 4.06. The summed E-state index contributed by atoms with van der Waals surface area (Å²) in [7, 11) is 0. The number of rotatable bonds is 2. The van der Waals surface area contributed by atoms with E-state index in [1.54, 1.807) is 6.07 Å². The van der Waals surface area contributed by atoms with Crippen LogP contribution in [-0.4, -0.2) is 25.7 Å².